The Balaban J connectivity index is 1.55. The maximum absolute atomic E-state index is 5.40. The summed E-state index contributed by atoms with van der Waals surface area (Å²) in [6.07, 6.45) is 6.75. The Kier molecular flexibility index (Phi) is 5.67. The van der Waals surface area contributed by atoms with Crippen molar-refractivity contribution in [3.63, 3.8) is 0 Å². The number of nitrogens with zero attached hydrogens (tertiary/aromatic N) is 1. The summed E-state index contributed by atoms with van der Waals surface area (Å²) in [6, 6.07) is 0.810. The Labute approximate surface area is 119 Å². The first-order chi connectivity index (χ1) is 9.07. The van der Waals surface area contributed by atoms with E-state index in [1.807, 2.05) is 0 Å². The molecule has 1 aliphatic heterocycles. The van der Waals surface area contributed by atoms with Crippen LogP contribution in [0.5, 0.6) is 0 Å². The van der Waals surface area contributed by atoms with Crippen LogP contribution in [0.25, 0.3) is 0 Å². The van der Waals surface area contributed by atoms with Crippen LogP contribution >= 0.6 is 0 Å². The molecule has 2 fully saturated rings. The van der Waals surface area contributed by atoms with Gasteiger partial charge in [-0.3, -0.25) is 0 Å². The molecule has 0 aromatic carbocycles. The van der Waals surface area contributed by atoms with Gasteiger partial charge in [0.25, 0.3) is 0 Å². The standard InChI is InChI=1S/C16H32N2O/c1-16(2)7-4-15(5-8-16)18(3)10-9-17-12-14-6-11-19-13-14/h14-15,17H,4-13H2,1-3H3. The molecule has 0 aromatic heterocycles. The van der Waals surface area contributed by atoms with Crippen LogP contribution in [0.15, 0.2) is 0 Å². The fourth-order valence-corrected chi connectivity index (χ4v) is 3.31. The van der Waals surface area contributed by atoms with Gasteiger partial charge < -0.3 is 15.0 Å². The molecule has 19 heavy (non-hydrogen) atoms. The lowest BCUT2D eigenvalue weighted by Crippen LogP contribution is -2.41. The molecule has 112 valence electrons. The highest BCUT2D eigenvalue weighted by Gasteiger charge is 2.28. The highest BCUT2D eigenvalue weighted by molar-refractivity contribution is 4.83. The van der Waals surface area contributed by atoms with Gasteiger partial charge in [0.05, 0.1) is 6.61 Å². The molecule has 1 saturated heterocycles. The van der Waals surface area contributed by atoms with Gasteiger partial charge in [-0.25, -0.2) is 0 Å². The molecule has 3 nitrogen and oxygen atoms in total. The molecule has 1 heterocycles. The maximum atomic E-state index is 5.40. The van der Waals surface area contributed by atoms with Crippen LogP contribution in [-0.2, 0) is 4.74 Å². The van der Waals surface area contributed by atoms with Crippen LogP contribution in [0, 0.1) is 11.3 Å². The van der Waals surface area contributed by atoms with Crippen molar-refractivity contribution in [3.05, 3.63) is 0 Å². The Hall–Kier alpha value is -0.120. The molecule has 1 atom stereocenters. The highest BCUT2D eigenvalue weighted by Crippen LogP contribution is 2.36. The summed E-state index contributed by atoms with van der Waals surface area (Å²) >= 11 is 0. The van der Waals surface area contributed by atoms with Crippen molar-refractivity contribution in [2.45, 2.75) is 52.0 Å². The minimum atomic E-state index is 0.581. The fourth-order valence-electron chi connectivity index (χ4n) is 3.31. The number of ether oxygens (including phenoxy) is 1. The van der Waals surface area contributed by atoms with Crippen molar-refractivity contribution >= 4 is 0 Å². The number of likely N-dealkylation sites (N-methyl/N-ethyl adjacent to an activating group) is 1. The second-order valence-electron chi connectivity index (χ2n) is 7.31. The van der Waals surface area contributed by atoms with Crippen LogP contribution in [0.2, 0.25) is 0 Å². The molecular weight excluding hydrogens is 236 g/mol. The van der Waals surface area contributed by atoms with Crippen molar-refractivity contribution in [2.24, 2.45) is 11.3 Å². The molecule has 0 spiro atoms. The van der Waals surface area contributed by atoms with E-state index in [0.29, 0.717) is 5.41 Å². The molecule has 2 aliphatic rings. The van der Waals surface area contributed by atoms with E-state index in [-0.39, 0.29) is 0 Å². The van der Waals surface area contributed by atoms with E-state index in [1.165, 1.54) is 38.6 Å². The summed E-state index contributed by atoms with van der Waals surface area (Å²) < 4.78 is 5.40. The normalized spacial score (nSPS) is 28.1. The number of rotatable bonds is 6. The molecule has 0 bridgehead atoms. The van der Waals surface area contributed by atoms with Gasteiger partial charge in [0.2, 0.25) is 0 Å². The van der Waals surface area contributed by atoms with Crippen LogP contribution in [0.3, 0.4) is 0 Å². The van der Waals surface area contributed by atoms with E-state index in [0.717, 1.165) is 38.3 Å². The van der Waals surface area contributed by atoms with Crippen LogP contribution in [0.4, 0.5) is 0 Å². The molecule has 3 heteroatoms. The molecule has 1 saturated carbocycles. The first-order valence-corrected chi connectivity index (χ1v) is 8.05. The molecule has 1 N–H and O–H groups in total. The second kappa shape index (κ2) is 7.05. The van der Waals surface area contributed by atoms with Crippen molar-refractivity contribution in [1.82, 2.24) is 10.2 Å². The van der Waals surface area contributed by atoms with Crippen molar-refractivity contribution < 1.29 is 4.74 Å². The third-order valence-corrected chi connectivity index (χ3v) is 5.03. The Morgan fingerprint density at radius 2 is 1.95 bits per heavy atom. The van der Waals surface area contributed by atoms with Gasteiger partial charge in [-0.05, 0) is 50.5 Å². The van der Waals surface area contributed by atoms with Gasteiger partial charge in [-0.1, -0.05) is 13.8 Å². The van der Waals surface area contributed by atoms with Gasteiger partial charge in [0.1, 0.15) is 0 Å². The third kappa shape index (κ3) is 5.05. The summed E-state index contributed by atoms with van der Waals surface area (Å²) in [5.74, 6) is 0.751. The SMILES string of the molecule is CN(CCNCC1CCOC1)C1CCC(C)(C)CC1. The van der Waals surface area contributed by atoms with Gasteiger partial charge in [-0.2, -0.15) is 0 Å². The zero-order valence-electron chi connectivity index (χ0n) is 13.1. The summed E-state index contributed by atoms with van der Waals surface area (Å²) in [4.78, 5) is 2.56. The lowest BCUT2D eigenvalue weighted by molar-refractivity contribution is 0.128. The predicted molar refractivity (Wildman–Crippen MR) is 80.5 cm³/mol. The van der Waals surface area contributed by atoms with E-state index < -0.39 is 0 Å². The molecule has 1 aliphatic carbocycles. The monoisotopic (exact) mass is 268 g/mol. The first-order valence-electron chi connectivity index (χ1n) is 8.05. The van der Waals surface area contributed by atoms with Crippen LogP contribution < -0.4 is 5.32 Å². The topological polar surface area (TPSA) is 24.5 Å². The summed E-state index contributed by atoms with van der Waals surface area (Å²) in [7, 11) is 2.29. The fraction of sp³-hybridized carbons (Fsp3) is 1.00. The molecular formula is C16H32N2O. The number of hydrogen-bond donors (Lipinski definition) is 1. The average molecular weight is 268 g/mol. The van der Waals surface area contributed by atoms with Gasteiger partial charge in [-0.15, -0.1) is 0 Å². The highest BCUT2D eigenvalue weighted by atomic mass is 16.5. The lowest BCUT2D eigenvalue weighted by Gasteiger charge is -2.38. The predicted octanol–water partition coefficient (Wildman–Crippen LogP) is 2.51. The van der Waals surface area contributed by atoms with Crippen molar-refractivity contribution in [1.29, 1.82) is 0 Å². The van der Waals surface area contributed by atoms with E-state index in [2.05, 4.69) is 31.1 Å². The minimum Gasteiger partial charge on any atom is -0.381 e. The van der Waals surface area contributed by atoms with Crippen LogP contribution in [0.1, 0.15) is 46.0 Å². The van der Waals surface area contributed by atoms with E-state index in [1.54, 1.807) is 0 Å². The van der Waals surface area contributed by atoms with Gasteiger partial charge >= 0.3 is 0 Å². The Morgan fingerprint density at radius 1 is 1.21 bits per heavy atom. The minimum absolute atomic E-state index is 0.581. The van der Waals surface area contributed by atoms with Crippen molar-refractivity contribution in [2.75, 3.05) is 39.9 Å². The largest absolute Gasteiger partial charge is 0.381 e. The Bertz CT molecular complexity index is 251. The second-order valence-corrected chi connectivity index (χ2v) is 7.31. The average Bonchev–Trinajstić information content (AvgIpc) is 2.87. The summed E-state index contributed by atoms with van der Waals surface area (Å²) in [5, 5.41) is 3.59. The molecule has 2 rings (SSSR count). The zero-order chi connectivity index (χ0) is 13.7. The van der Waals surface area contributed by atoms with E-state index >= 15 is 0 Å². The third-order valence-electron chi connectivity index (χ3n) is 5.03. The van der Waals surface area contributed by atoms with Gasteiger partial charge in [0, 0.05) is 32.3 Å². The quantitative estimate of drug-likeness (QED) is 0.749. The van der Waals surface area contributed by atoms with Crippen LogP contribution in [-0.4, -0.2) is 50.8 Å². The molecule has 1 unspecified atom stereocenters. The number of nitrogens with one attached hydrogen (secondary N) is 1. The molecule has 0 amide bonds. The molecule has 0 aromatic rings. The van der Waals surface area contributed by atoms with E-state index in [4.69, 9.17) is 4.74 Å². The number of hydrogen-bond acceptors (Lipinski definition) is 3. The smallest absolute Gasteiger partial charge is 0.0507 e. The Morgan fingerprint density at radius 3 is 2.58 bits per heavy atom. The van der Waals surface area contributed by atoms with Gasteiger partial charge in [0.15, 0.2) is 0 Å². The van der Waals surface area contributed by atoms with Crippen molar-refractivity contribution in [3.8, 4) is 0 Å². The maximum Gasteiger partial charge on any atom is 0.0507 e. The zero-order valence-corrected chi connectivity index (χ0v) is 13.1. The summed E-state index contributed by atoms with van der Waals surface area (Å²) in [6.45, 7) is 10.2. The van der Waals surface area contributed by atoms with E-state index in [9.17, 15) is 0 Å². The summed E-state index contributed by atoms with van der Waals surface area (Å²) in [5.41, 5.74) is 0.581. The lowest BCUT2D eigenvalue weighted by atomic mass is 9.75. The molecule has 0 radical (unpaired) electrons. The first kappa shape index (κ1) is 15.3.